The lowest BCUT2D eigenvalue weighted by Gasteiger charge is -2.00. The highest BCUT2D eigenvalue weighted by atomic mass is 19.1. The number of aromatic nitrogens is 1. The highest BCUT2D eigenvalue weighted by Crippen LogP contribution is 2.23. The summed E-state index contributed by atoms with van der Waals surface area (Å²) >= 11 is 0. The van der Waals surface area contributed by atoms with Gasteiger partial charge < -0.3 is 5.11 Å². The van der Waals surface area contributed by atoms with E-state index in [9.17, 15) is 14.3 Å². The van der Waals surface area contributed by atoms with E-state index in [-0.39, 0.29) is 11.3 Å². The Bertz CT molecular complexity index is 510. The van der Waals surface area contributed by atoms with Crippen LogP contribution in [0.3, 0.4) is 0 Å². The summed E-state index contributed by atoms with van der Waals surface area (Å²) in [5.74, 6) is -0.0156. The minimum atomic E-state index is -1.52. The van der Waals surface area contributed by atoms with Crippen LogP contribution >= 0.6 is 0 Å². The predicted octanol–water partition coefficient (Wildman–Crippen LogP) is 2.05. The van der Waals surface area contributed by atoms with Crippen molar-refractivity contribution in [2.24, 2.45) is 0 Å². The molecule has 0 aliphatic heterocycles. The van der Waals surface area contributed by atoms with Crippen LogP contribution in [-0.2, 0) is 0 Å². The van der Waals surface area contributed by atoms with Crippen molar-refractivity contribution in [1.29, 1.82) is 0 Å². The molecule has 1 aromatic carbocycles. The van der Waals surface area contributed by atoms with Crippen molar-refractivity contribution in [1.82, 2.24) is 4.98 Å². The van der Waals surface area contributed by atoms with Gasteiger partial charge in [0.2, 0.25) is 0 Å². The third-order valence-corrected chi connectivity index (χ3v) is 1.95. The molecular weight excluding hydrogens is 185 g/mol. The number of benzene rings is 1. The molecule has 2 rings (SSSR count). The van der Waals surface area contributed by atoms with Crippen molar-refractivity contribution in [3.05, 3.63) is 36.0 Å². The number of carbonyl (C=O) groups is 1. The normalized spacial score (nSPS) is 10.4. The maximum Gasteiger partial charge on any atom is 0.332 e. The van der Waals surface area contributed by atoms with Gasteiger partial charge in [-0.15, -0.1) is 0 Å². The molecule has 1 N–H and O–H groups in total. The van der Waals surface area contributed by atoms with Crippen molar-refractivity contribution in [3.8, 4) is 5.75 Å². The number of hydrogen-bond acceptors (Lipinski definition) is 3. The van der Waals surface area contributed by atoms with E-state index in [1.165, 1.54) is 30.5 Å². The van der Waals surface area contributed by atoms with Crippen LogP contribution in [0.2, 0.25) is 0 Å². The Kier molecular flexibility index (Phi) is 1.89. The third-order valence-electron chi connectivity index (χ3n) is 1.95. The quantitative estimate of drug-likeness (QED) is 0.702. The van der Waals surface area contributed by atoms with E-state index < -0.39 is 6.04 Å². The standard InChI is InChI=1S/C10H6FNO2/c11-10(14)6-1-2-8-7(5-6)9(13)3-4-12-8/h1-5H,(H,12,13). The van der Waals surface area contributed by atoms with Gasteiger partial charge in [0.05, 0.1) is 11.1 Å². The third kappa shape index (κ3) is 1.31. The highest BCUT2D eigenvalue weighted by Gasteiger charge is 2.06. The van der Waals surface area contributed by atoms with E-state index in [2.05, 4.69) is 4.98 Å². The average molecular weight is 191 g/mol. The molecule has 1 aromatic heterocycles. The van der Waals surface area contributed by atoms with Gasteiger partial charge in [-0.05, 0) is 24.3 Å². The molecule has 0 aliphatic rings. The van der Waals surface area contributed by atoms with E-state index in [0.29, 0.717) is 10.9 Å². The predicted molar refractivity (Wildman–Crippen MR) is 48.8 cm³/mol. The van der Waals surface area contributed by atoms with E-state index in [0.717, 1.165) is 0 Å². The van der Waals surface area contributed by atoms with Gasteiger partial charge in [0.1, 0.15) is 5.75 Å². The van der Waals surface area contributed by atoms with Gasteiger partial charge >= 0.3 is 6.04 Å². The summed E-state index contributed by atoms with van der Waals surface area (Å²) in [7, 11) is 0. The zero-order valence-corrected chi connectivity index (χ0v) is 7.07. The van der Waals surface area contributed by atoms with Gasteiger partial charge in [-0.3, -0.25) is 9.78 Å². The zero-order chi connectivity index (χ0) is 10.1. The number of halogens is 1. The van der Waals surface area contributed by atoms with E-state index in [4.69, 9.17) is 0 Å². The second-order valence-electron chi connectivity index (χ2n) is 2.84. The minimum absolute atomic E-state index is 0.0156. The molecule has 0 fully saturated rings. The fraction of sp³-hybridized carbons (Fsp3) is 0. The van der Waals surface area contributed by atoms with Gasteiger partial charge in [0, 0.05) is 11.6 Å². The molecule has 0 saturated heterocycles. The molecule has 3 nitrogen and oxygen atoms in total. The fourth-order valence-corrected chi connectivity index (χ4v) is 1.25. The molecule has 0 aliphatic carbocycles. The van der Waals surface area contributed by atoms with Crippen LogP contribution in [0.15, 0.2) is 30.5 Å². The molecule has 0 amide bonds. The lowest BCUT2D eigenvalue weighted by atomic mass is 10.1. The number of aromatic hydroxyl groups is 1. The molecule has 0 unspecified atom stereocenters. The number of pyridine rings is 1. The number of rotatable bonds is 1. The van der Waals surface area contributed by atoms with Crippen LogP contribution < -0.4 is 0 Å². The SMILES string of the molecule is O=C(F)c1ccc2nccc(O)c2c1. The number of fused-ring (bicyclic) bond motifs is 1. The molecule has 4 heteroatoms. The van der Waals surface area contributed by atoms with Gasteiger partial charge in [-0.2, -0.15) is 4.39 Å². The molecule has 0 radical (unpaired) electrons. The lowest BCUT2D eigenvalue weighted by molar-refractivity contribution is 0.0836. The van der Waals surface area contributed by atoms with Crippen LogP contribution in [-0.4, -0.2) is 16.1 Å². The van der Waals surface area contributed by atoms with E-state index in [1.807, 2.05) is 0 Å². The van der Waals surface area contributed by atoms with Crippen LogP contribution in [0.5, 0.6) is 5.75 Å². The second kappa shape index (κ2) is 3.06. The summed E-state index contributed by atoms with van der Waals surface area (Å²) < 4.78 is 12.4. The van der Waals surface area contributed by atoms with Gasteiger partial charge in [0.15, 0.2) is 0 Å². The Morgan fingerprint density at radius 2 is 2.14 bits per heavy atom. The molecule has 70 valence electrons. The maximum atomic E-state index is 12.4. The van der Waals surface area contributed by atoms with Crippen LogP contribution in [0.1, 0.15) is 10.4 Å². The van der Waals surface area contributed by atoms with E-state index >= 15 is 0 Å². The van der Waals surface area contributed by atoms with Gasteiger partial charge in [-0.1, -0.05) is 0 Å². The number of carbonyl (C=O) groups excluding carboxylic acids is 1. The fourth-order valence-electron chi connectivity index (χ4n) is 1.25. The van der Waals surface area contributed by atoms with Gasteiger partial charge in [0.25, 0.3) is 0 Å². The molecule has 0 bridgehead atoms. The Hall–Kier alpha value is -1.97. The monoisotopic (exact) mass is 191 g/mol. The number of nitrogens with zero attached hydrogens (tertiary/aromatic N) is 1. The highest BCUT2D eigenvalue weighted by molar-refractivity contribution is 5.95. The summed E-state index contributed by atoms with van der Waals surface area (Å²) in [5.41, 5.74) is 0.441. The first kappa shape index (κ1) is 8.62. The van der Waals surface area contributed by atoms with Crippen molar-refractivity contribution in [2.75, 3.05) is 0 Å². The Morgan fingerprint density at radius 1 is 1.36 bits per heavy atom. The molecular formula is C10H6FNO2. The first-order valence-corrected chi connectivity index (χ1v) is 3.96. The molecule has 0 atom stereocenters. The van der Waals surface area contributed by atoms with Crippen molar-refractivity contribution in [3.63, 3.8) is 0 Å². The topological polar surface area (TPSA) is 50.2 Å². The Morgan fingerprint density at radius 3 is 2.86 bits per heavy atom. The van der Waals surface area contributed by atoms with Crippen molar-refractivity contribution >= 4 is 16.9 Å². The Labute approximate surface area is 78.8 Å². The van der Waals surface area contributed by atoms with Crippen LogP contribution in [0.4, 0.5) is 4.39 Å². The molecule has 0 saturated carbocycles. The summed E-state index contributed by atoms with van der Waals surface area (Å²) in [6.45, 7) is 0. The van der Waals surface area contributed by atoms with Gasteiger partial charge in [-0.25, -0.2) is 0 Å². The first-order valence-electron chi connectivity index (χ1n) is 3.96. The zero-order valence-electron chi connectivity index (χ0n) is 7.07. The minimum Gasteiger partial charge on any atom is -0.507 e. The summed E-state index contributed by atoms with van der Waals surface area (Å²) in [6.07, 6.45) is 1.44. The smallest absolute Gasteiger partial charge is 0.332 e. The van der Waals surface area contributed by atoms with Crippen LogP contribution in [0.25, 0.3) is 10.9 Å². The largest absolute Gasteiger partial charge is 0.507 e. The summed E-state index contributed by atoms with van der Waals surface area (Å²) in [4.78, 5) is 14.4. The van der Waals surface area contributed by atoms with Crippen LogP contribution in [0, 0.1) is 0 Å². The van der Waals surface area contributed by atoms with Crippen molar-refractivity contribution < 1.29 is 14.3 Å². The Balaban J connectivity index is 2.76. The molecule has 2 aromatic rings. The van der Waals surface area contributed by atoms with Crippen molar-refractivity contribution in [2.45, 2.75) is 0 Å². The molecule has 0 spiro atoms. The molecule has 14 heavy (non-hydrogen) atoms. The summed E-state index contributed by atoms with van der Waals surface area (Å²) in [5, 5.41) is 9.77. The maximum absolute atomic E-state index is 12.4. The van der Waals surface area contributed by atoms with E-state index in [1.54, 1.807) is 0 Å². The number of hydrogen-bond donors (Lipinski definition) is 1. The summed E-state index contributed by atoms with van der Waals surface area (Å²) in [6, 6.07) is 3.96. The first-order chi connectivity index (χ1) is 6.68. The average Bonchev–Trinajstić information content (AvgIpc) is 2.18. The lowest BCUT2D eigenvalue weighted by Crippen LogP contribution is -1.90. The second-order valence-corrected chi connectivity index (χ2v) is 2.84. The molecule has 1 heterocycles.